The van der Waals surface area contributed by atoms with E-state index in [2.05, 4.69) is 11.1 Å². The number of benzene rings is 1. The predicted molar refractivity (Wildman–Crippen MR) is 88.3 cm³/mol. The number of ether oxygens (including phenoxy) is 1. The van der Waals surface area contributed by atoms with E-state index in [4.69, 9.17) is 10.5 Å². The van der Waals surface area contributed by atoms with Crippen molar-refractivity contribution >= 4 is 5.82 Å². The molecule has 0 fully saturated rings. The maximum absolute atomic E-state index is 9.91. The van der Waals surface area contributed by atoms with Gasteiger partial charge in [-0.1, -0.05) is 6.07 Å². The third-order valence-electron chi connectivity index (χ3n) is 4.16. The molecule has 2 aromatic rings. The fourth-order valence-electron chi connectivity index (χ4n) is 3.13. The summed E-state index contributed by atoms with van der Waals surface area (Å²) in [6.07, 6.45) is 3.93. The monoisotopic (exact) mass is 309 g/mol. The van der Waals surface area contributed by atoms with Gasteiger partial charge in [0.05, 0.1) is 6.61 Å². The van der Waals surface area contributed by atoms with E-state index in [-0.39, 0.29) is 11.6 Å². The number of anilines is 1. The molecule has 0 spiro atoms. The predicted octanol–water partition coefficient (Wildman–Crippen LogP) is 3.19. The van der Waals surface area contributed by atoms with Crippen LogP contribution in [-0.4, -0.2) is 16.7 Å². The fourth-order valence-corrected chi connectivity index (χ4v) is 3.13. The molecular formula is C18H19N3O2. The van der Waals surface area contributed by atoms with Gasteiger partial charge in [-0.25, -0.2) is 4.98 Å². The second-order valence-corrected chi connectivity index (χ2v) is 5.61. The first-order valence-electron chi connectivity index (χ1n) is 7.83. The van der Waals surface area contributed by atoms with Gasteiger partial charge in [0, 0.05) is 11.3 Å². The minimum absolute atomic E-state index is 0.0880. The van der Waals surface area contributed by atoms with E-state index in [1.54, 1.807) is 18.2 Å². The average Bonchev–Trinajstić information content (AvgIpc) is 2.56. The largest absolute Gasteiger partial charge is 0.504 e. The zero-order chi connectivity index (χ0) is 16.4. The molecule has 1 aliphatic rings. The molecule has 0 radical (unpaired) electrons. The van der Waals surface area contributed by atoms with E-state index < -0.39 is 0 Å². The molecule has 3 N–H and O–H groups in total. The molecule has 5 nitrogen and oxygen atoms in total. The van der Waals surface area contributed by atoms with Gasteiger partial charge >= 0.3 is 0 Å². The molecule has 3 rings (SSSR count). The topological polar surface area (TPSA) is 92.2 Å². The van der Waals surface area contributed by atoms with E-state index in [1.807, 2.05) is 6.92 Å². The Morgan fingerprint density at radius 1 is 1.35 bits per heavy atom. The Kier molecular flexibility index (Phi) is 4.07. The third kappa shape index (κ3) is 2.68. The number of nitrogens with zero attached hydrogens (tertiary/aromatic N) is 2. The summed E-state index contributed by atoms with van der Waals surface area (Å²) < 4.78 is 5.47. The number of rotatable bonds is 3. The van der Waals surface area contributed by atoms with E-state index >= 15 is 0 Å². The number of phenolic OH excluding ortho intramolecular Hbond substituents is 1. The summed E-state index contributed by atoms with van der Waals surface area (Å²) in [5.74, 6) is 0.771. The van der Waals surface area contributed by atoms with Crippen molar-refractivity contribution in [3.05, 3.63) is 35.0 Å². The molecule has 0 unspecified atom stereocenters. The lowest BCUT2D eigenvalue weighted by Crippen LogP contribution is -2.11. The molecule has 1 aromatic heterocycles. The minimum Gasteiger partial charge on any atom is -0.504 e. The van der Waals surface area contributed by atoms with Crippen molar-refractivity contribution in [2.45, 2.75) is 32.6 Å². The van der Waals surface area contributed by atoms with Gasteiger partial charge in [-0.05, 0) is 55.9 Å². The first-order valence-corrected chi connectivity index (χ1v) is 7.83. The summed E-state index contributed by atoms with van der Waals surface area (Å²) in [5.41, 5.74) is 10.1. The molecule has 0 saturated heterocycles. The van der Waals surface area contributed by atoms with E-state index in [0.29, 0.717) is 17.9 Å². The molecule has 5 heteroatoms. The minimum atomic E-state index is 0.0880. The fraction of sp³-hybridized carbons (Fsp3) is 0.333. The first kappa shape index (κ1) is 15.2. The van der Waals surface area contributed by atoms with Crippen molar-refractivity contribution in [3.63, 3.8) is 0 Å². The Morgan fingerprint density at radius 3 is 2.87 bits per heavy atom. The number of fused-ring (bicyclic) bond motifs is 1. The molecule has 1 aliphatic carbocycles. The summed E-state index contributed by atoms with van der Waals surface area (Å²) in [7, 11) is 0. The molecule has 1 aromatic carbocycles. The van der Waals surface area contributed by atoms with Crippen LogP contribution >= 0.6 is 0 Å². The third-order valence-corrected chi connectivity index (χ3v) is 4.16. The summed E-state index contributed by atoms with van der Waals surface area (Å²) in [6, 6.07) is 7.34. The van der Waals surface area contributed by atoms with Crippen molar-refractivity contribution in [3.8, 4) is 28.7 Å². The highest BCUT2D eigenvalue weighted by Gasteiger charge is 2.22. The average molecular weight is 309 g/mol. The van der Waals surface area contributed by atoms with Crippen LogP contribution in [-0.2, 0) is 12.8 Å². The number of nitrogen functional groups attached to an aromatic ring is 1. The van der Waals surface area contributed by atoms with E-state index in [1.165, 1.54) is 0 Å². The maximum Gasteiger partial charge on any atom is 0.161 e. The zero-order valence-electron chi connectivity index (χ0n) is 13.1. The number of aromatic hydroxyl groups is 1. The van der Waals surface area contributed by atoms with Crippen molar-refractivity contribution < 1.29 is 9.84 Å². The number of phenols is 1. The van der Waals surface area contributed by atoms with Crippen molar-refractivity contribution in [2.75, 3.05) is 12.3 Å². The SMILES string of the molecule is CCOc1cc(-c2c(C#N)c(N)nc3c2CCCC3)ccc1O. The van der Waals surface area contributed by atoms with Gasteiger partial charge in [0.15, 0.2) is 11.5 Å². The lowest BCUT2D eigenvalue weighted by molar-refractivity contribution is 0.318. The molecule has 1 heterocycles. The normalized spacial score (nSPS) is 13.2. The molecule has 0 atom stereocenters. The zero-order valence-corrected chi connectivity index (χ0v) is 13.1. The van der Waals surface area contributed by atoms with Gasteiger partial charge in [-0.3, -0.25) is 0 Å². The second kappa shape index (κ2) is 6.17. The standard InChI is InChI=1S/C18H19N3O2/c1-2-23-16-9-11(7-8-15(16)22)17-12-5-3-4-6-14(12)21-18(20)13(17)10-19/h7-9,22H,2-6H2,1H3,(H2,20,21). The molecular weight excluding hydrogens is 290 g/mol. The van der Waals surface area contributed by atoms with Crippen LogP contribution in [0.3, 0.4) is 0 Å². The summed E-state index contributed by atoms with van der Waals surface area (Å²) in [5, 5.41) is 19.4. The second-order valence-electron chi connectivity index (χ2n) is 5.61. The first-order chi connectivity index (χ1) is 11.2. The summed E-state index contributed by atoms with van der Waals surface area (Å²) in [6.45, 7) is 2.32. The Hall–Kier alpha value is -2.74. The molecule has 0 saturated carbocycles. The summed E-state index contributed by atoms with van der Waals surface area (Å²) in [4.78, 5) is 4.42. The Morgan fingerprint density at radius 2 is 2.13 bits per heavy atom. The molecule has 23 heavy (non-hydrogen) atoms. The highest BCUT2D eigenvalue weighted by atomic mass is 16.5. The Balaban J connectivity index is 2.25. The number of pyridine rings is 1. The van der Waals surface area contributed by atoms with Gasteiger partial charge in [-0.15, -0.1) is 0 Å². The number of hydrogen-bond acceptors (Lipinski definition) is 5. The van der Waals surface area contributed by atoms with Gasteiger partial charge in [0.1, 0.15) is 17.5 Å². The van der Waals surface area contributed by atoms with Crippen LogP contribution in [0.2, 0.25) is 0 Å². The van der Waals surface area contributed by atoms with Gasteiger partial charge in [0.2, 0.25) is 0 Å². The van der Waals surface area contributed by atoms with Crippen LogP contribution in [0.4, 0.5) is 5.82 Å². The number of aryl methyl sites for hydroxylation is 1. The lowest BCUT2D eigenvalue weighted by atomic mass is 9.86. The van der Waals surface area contributed by atoms with Crippen LogP contribution in [0.15, 0.2) is 18.2 Å². The van der Waals surface area contributed by atoms with Crippen LogP contribution in [0.25, 0.3) is 11.1 Å². The van der Waals surface area contributed by atoms with Gasteiger partial charge < -0.3 is 15.6 Å². The van der Waals surface area contributed by atoms with Gasteiger partial charge in [0.25, 0.3) is 0 Å². The van der Waals surface area contributed by atoms with E-state index in [0.717, 1.165) is 48.1 Å². The number of hydrogen-bond donors (Lipinski definition) is 2. The Labute approximate surface area is 135 Å². The van der Waals surface area contributed by atoms with Crippen LogP contribution in [0.5, 0.6) is 11.5 Å². The summed E-state index contributed by atoms with van der Waals surface area (Å²) >= 11 is 0. The van der Waals surface area contributed by atoms with Crippen molar-refractivity contribution in [1.82, 2.24) is 4.98 Å². The Bertz CT molecular complexity index is 794. The number of nitriles is 1. The quantitative estimate of drug-likeness (QED) is 0.908. The number of nitrogens with two attached hydrogens (primary N) is 1. The molecule has 0 amide bonds. The van der Waals surface area contributed by atoms with Crippen LogP contribution in [0.1, 0.15) is 36.6 Å². The smallest absolute Gasteiger partial charge is 0.161 e. The highest BCUT2D eigenvalue weighted by molar-refractivity contribution is 5.80. The molecule has 0 aliphatic heterocycles. The lowest BCUT2D eigenvalue weighted by Gasteiger charge is -2.21. The van der Waals surface area contributed by atoms with Crippen LogP contribution < -0.4 is 10.5 Å². The van der Waals surface area contributed by atoms with Crippen LogP contribution in [0, 0.1) is 11.3 Å². The van der Waals surface area contributed by atoms with Crippen molar-refractivity contribution in [2.24, 2.45) is 0 Å². The molecule has 0 bridgehead atoms. The van der Waals surface area contributed by atoms with Crippen molar-refractivity contribution in [1.29, 1.82) is 5.26 Å². The molecule has 118 valence electrons. The maximum atomic E-state index is 9.91. The van der Waals surface area contributed by atoms with E-state index in [9.17, 15) is 10.4 Å². The highest BCUT2D eigenvalue weighted by Crippen LogP contribution is 2.39. The number of aromatic nitrogens is 1. The van der Waals surface area contributed by atoms with Gasteiger partial charge in [-0.2, -0.15) is 5.26 Å².